The Morgan fingerprint density at radius 2 is 1.89 bits per heavy atom. The van der Waals surface area contributed by atoms with E-state index < -0.39 is 10.0 Å². The summed E-state index contributed by atoms with van der Waals surface area (Å²) in [5, 5.41) is 5.08. The highest BCUT2D eigenvalue weighted by molar-refractivity contribution is 7.89. The molecule has 3 aromatic rings. The molecule has 206 valence electrons. The first-order valence-corrected chi connectivity index (χ1v) is 15.0. The van der Waals surface area contributed by atoms with Gasteiger partial charge >= 0.3 is 0 Å². The number of aromatic nitrogens is 2. The summed E-state index contributed by atoms with van der Waals surface area (Å²) in [5.41, 5.74) is 3.83. The molecule has 38 heavy (non-hydrogen) atoms. The lowest BCUT2D eigenvalue weighted by atomic mass is 9.75. The molecular weight excluding hydrogens is 567 g/mol. The molecular formula is C27H33Cl3N4O3S. The van der Waals surface area contributed by atoms with Crippen molar-refractivity contribution in [2.24, 2.45) is 7.05 Å². The normalized spacial score (nSPS) is 19.7. The molecule has 7 nitrogen and oxygen atoms in total. The van der Waals surface area contributed by atoms with Gasteiger partial charge in [0, 0.05) is 31.7 Å². The van der Waals surface area contributed by atoms with Crippen LogP contribution in [0.15, 0.2) is 53.7 Å². The van der Waals surface area contributed by atoms with E-state index in [2.05, 4.69) is 32.9 Å². The van der Waals surface area contributed by atoms with Crippen molar-refractivity contribution in [3.63, 3.8) is 0 Å². The minimum absolute atomic E-state index is 0. The molecule has 0 bridgehead atoms. The number of likely N-dealkylation sites (tertiary alicyclic amines) is 1. The van der Waals surface area contributed by atoms with E-state index in [4.69, 9.17) is 27.9 Å². The third kappa shape index (κ3) is 6.66. The monoisotopic (exact) mass is 598 g/mol. The Kier molecular flexibility index (Phi) is 9.66. The van der Waals surface area contributed by atoms with E-state index in [-0.39, 0.29) is 30.5 Å². The predicted octanol–water partition coefficient (Wildman–Crippen LogP) is 5.24. The van der Waals surface area contributed by atoms with Gasteiger partial charge in [-0.15, -0.1) is 12.4 Å². The number of rotatable bonds is 9. The van der Waals surface area contributed by atoms with E-state index in [1.165, 1.54) is 46.6 Å². The van der Waals surface area contributed by atoms with Crippen LogP contribution in [0.2, 0.25) is 10.0 Å². The van der Waals surface area contributed by atoms with Crippen molar-refractivity contribution < 1.29 is 13.2 Å². The van der Waals surface area contributed by atoms with E-state index >= 15 is 0 Å². The summed E-state index contributed by atoms with van der Waals surface area (Å²) in [7, 11) is -1.93. The number of hydrogen-bond acceptors (Lipinski definition) is 5. The van der Waals surface area contributed by atoms with Crippen LogP contribution >= 0.6 is 35.6 Å². The van der Waals surface area contributed by atoms with E-state index in [1.54, 1.807) is 7.05 Å². The summed E-state index contributed by atoms with van der Waals surface area (Å²) in [6.07, 6.45) is 8.35. The maximum absolute atomic E-state index is 12.4. The highest BCUT2D eigenvalue weighted by atomic mass is 35.5. The summed E-state index contributed by atoms with van der Waals surface area (Å²) in [6.45, 7) is 2.68. The molecule has 2 atom stereocenters. The number of nitrogens with one attached hydrogen (secondary N) is 1. The Balaban J connectivity index is 0.00000336. The zero-order valence-corrected chi connectivity index (χ0v) is 24.4. The van der Waals surface area contributed by atoms with Gasteiger partial charge in [0.1, 0.15) is 17.3 Å². The molecule has 5 rings (SSSR count). The average Bonchev–Trinajstić information content (AvgIpc) is 3.57. The van der Waals surface area contributed by atoms with Gasteiger partial charge in [-0.2, -0.15) is 5.10 Å². The van der Waals surface area contributed by atoms with Crippen LogP contribution in [-0.4, -0.2) is 55.4 Å². The first-order valence-electron chi connectivity index (χ1n) is 12.7. The van der Waals surface area contributed by atoms with Crippen LogP contribution in [0.25, 0.3) is 0 Å². The van der Waals surface area contributed by atoms with E-state index in [0.29, 0.717) is 22.0 Å². The van der Waals surface area contributed by atoms with Crippen LogP contribution < -0.4 is 9.46 Å². The van der Waals surface area contributed by atoms with Crippen molar-refractivity contribution in [3.8, 4) is 5.75 Å². The number of aryl methyl sites for hydroxylation is 2. The van der Waals surface area contributed by atoms with Gasteiger partial charge in [-0.25, -0.2) is 13.1 Å². The largest absolute Gasteiger partial charge is 0.492 e. The van der Waals surface area contributed by atoms with Gasteiger partial charge < -0.3 is 4.74 Å². The second kappa shape index (κ2) is 12.6. The number of ether oxygens (including phenoxy) is 1. The molecule has 2 unspecified atom stereocenters. The van der Waals surface area contributed by atoms with Crippen molar-refractivity contribution in [1.82, 2.24) is 19.4 Å². The van der Waals surface area contributed by atoms with E-state index in [9.17, 15) is 8.42 Å². The molecule has 0 radical (unpaired) electrons. The van der Waals surface area contributed by atoms with Crippen LogP contribution in [0.1, 0.15) is 41.9 Å². The summed E-state index contributed by atoms with van der Waals surface area (Å²) in [4.78, 5) is 2.79. The summed E-state index contributed by atoms with van der Waals surface area (Å²) < 4.78 is 34.9. The Hall–Kier alpha value is -1.81. The van der Waals surface area contributed by atoms with E-state index in [0.717, 1.165) is 38.1 Å². The minimum atomic E-state index is -3.61. The Morgan fingerprint density at radius 3 is 2.61 bits per heavy atom. The van der Waals surface area contributed by atoms with Crippen molar-refractivity contribution in [3.05, 3.63) is 75.5 Å². The fourth-order valence-corrected chi connectivity index (χ4v) is 6.91. The maximum Gasteiger partial charge on any atom is 0.243 e. The first kappa shape index (κ1) is 29.2. The number of sulfonamides is 1. The molecule has 0 spiro atoms. The zero-order valence-electron chi connectivity index (χ0n) is 21.3. The number of nitrogens with zero attached hydrogens (tertiary/aromatic N) is 3. The molecule has 1 aliphatic carbocycles. The lowest BCUT2D eigenvalue weighted by molar-refractivity contribution is 0.188. The highest BCUT2D eigenvalue weighted by Gasteiger charge is 2.35. The van der Waals surface area contributed by atoms with Crippen LogP contribution in [0.4, 0.5) is 0 Å². The highest BCUT2D eigenvalue weighted by Crippen LogP contribution is 2.40. The fourth-order valence-electron chi connectivity index (χ4n) is 5.59. The van der Waals surface area contributed by atoms with Crippen LogP contribution in [-0.2, 0) is 29.9 Å². The molecule has 1 aliphatic heterocycles. The van der Waals surface area contributed by atoms with E-state index in [1.807, 2.05) is 18.2 Å². The molecule has 0 amide bonds. The van der Waals surface area contributed by atoms with Crippen molar-refractivity contribution in [2.45, 2.75) is 49.0 Å². The van der Waals surface area contributed by atoms with Crippen LogP contribution in [0, 0.1) is 0 Å². The molecule has 1 aromatic heterocycles. The summed E-state index contributed by atoms with van der Waals surface area (Å²) in [6, 6.07) is 12.7. The minimum Gasteiger partial charge on any atom is -0.492 e. The van der Waals surface area contributed by atoms with Gasteiger partial charge in [-0.05, 0) is 86.1 Å². The second-order valence-electron chi connectivity index (χ2n) is 9.86. The SMILES string of the molecule is Cl.Cn1cc(S(=O)(=O)NCCOc2ccc3c(c2)C(Cc2ccc(Cl)c(Cl)c2)C(N2CCCC2)CC3)cn1. The van der Waals surface area contributed by atoms with Crippen molar-refractivity contribution in [1.29, 1.82) is 0 Å². The molecule has 1 fully saturated rings. The predicted molar refractivity (Wildman–Crippen MR) is 153 cm³/mol. The quantitative estimate of drug-likeness (QED) is 0.341. The second-order valence-corrected chi connectivity index (χ2v) is 12.4. The molecule has 2 aliphatic rings. The molecule has 0 saturated carbocycles. The van der Waals surface area contributed by atoms with Gasteiger partial charge in [0.2, 0.25) is 10.0 Å². The maximum atomic E-state index is 12.4. The molecule has 1 saturated heterocycles. The lowest BCUT2D eigenvalue weighted by Gasteiger charge is -2.39. The molecule has 2 heterocycles. The zero-order chi connectivity index (χ0) is 26.0. The number of benzene rings is 2. The molecule has 2 aromatic carbocycles. The van der Waals surface area contributed by atoms with Gasteiger partial charge in [-0.3, -0.25) is 9.58 Å². The molecule has 1 N–H and O–H groups in total. The Bertz CT molecular complexity index is 1360. The third-order valence-corrected chi connectivity index (χ3v) is 9.55. The van der Waals surface area contributed by atoms with Gasteiger partial charge in [0.25, 0.3) is 0 Å². The Morgan fingerprint density at radius 1 is 1.11 bits per heavy atom. The number of fused-ring (bicyclic) bond motifs is 1. The lowest BCUT2D eigenvalue weighted by Crippen LogP contribution is -2.41. The standard InChI is InChI=1S/C27H32Cl2N4O3S.ClH/c1-32-18-22(17-30-32)37(34,35)31-10-13-36-21-7-5-20-6-9-27(33-11-2-3-12-33)24(23(20)16-21)14-19-4-8-25(28)26(29)15-19;/h4-5,7-8,15-18,24,27,31H,2-3,6,9-14H2,1H3;1H. The van der Waals surface area contributed by atoms with Gasteiger partial charge in [-0.1, -0.05) is 35.3 Å². The third-order valence-electron chi connectivity index (χ3n) is 7.39. The first-order chi connectivity index (χ1) is 17.8. The van der Waals surface area contributed by atoms with Gasteiger partial charge in [0.05, 0.1) is 16.2 Å². The smallest absolute Gasteiger partial charge is 0.243 e. The van der Waals surface area contributed by atoms with Crippen LogP contribution in [0.3, 0.4) is 0 Å². The average molecular weight is 600 g/mol. The summed E-state index contributed by atoms with van der Waals surface area (Å²) in [5.74, 6) is 1.06. The van der Waals surface area contributed by atoms with Crippen molar-refractivity contribution in [2.75, 3.05) is 26.2 Å². The number of hydrogen-bond donors (Lipinski definition) is 1. The van der Waals surface area contributed by atoms with Crippen molar-refractivity contribution >= 4 is 45.6 Å². The van der Waals surface area contributed by atoms with Crippen LogP contribution in [0.5, 0.6) is 5.75 Å². The molecule has 11 heteroatoms. The Labute approximate surface area is 240 Å². The fraction of sp³-hybridized carbons (Fsp3) is 0.444. The number of halogens is 3. The summed E-state index contributed by atoms with van der Waals surface area (Å²) >= 11 is 12.5. The topological polar surface area (TPSA) is 76.5 Å². The van der Waals surface area contributed by atoms with Gasteiger partial charge in [0.15, 0.2) is 0 Å².